The molecular formula is C22H22O3. The Bertz CT molecular complexity index is 729. The van der Waals surface area contributed by atoms with Gasteiger partial charge in [0, 0.05) is 0 Å². The molecule has 0 spiro atoms. The van der Waals surface area contributed by atoms with Gasteiger partial charge >= 0.3 is 0 Å². The molecule has 3 heteroatoms. The third kappa shape index (κ3) is 5.28. The van der Waals surface area contributed by atoms with Gasteiger partial charge in [0.05, 0.1) is 0 Å². The van der Waals surface area contributed by atoms with E-state index in [0.29, 0.717) is 6.61 Å². The molecule has 2 unspecified atom stereocenters. The van der Waals surface area contributed by atoms with Gasteiger partial charge in [0.25, 0.3) is 0 Å². The zero-order valence-corrected chi connectivity index (χ0v) is 14.2. The summed E-state index contributed by atoms with van der Waals surface area (Å²) in [6, 6.07) is 29.2. The molecule has 3 aromatic carbocycles. The minimum atomic E-state index is -0.247. The first-order valence-electron chi connectivity index (χ1n) is 8.42. The number of hydrogen-bond acceptors (Lipinski definition) is 3. The van der Waals surface area contributed by atoms with Crippen LogP contribution in [-0.4, -0.2) is 18.8 Å². The maximum atomic E-state index is 6.12. The van der Waals surface area contributed by atoms with Gasteiger partial charge in [-0.1, -0.05) is 54.6 Å². The van der Waals surface area contributed by atoms with Gasteiger partial charge in [-0.2, -0.15) is 0 Å². The van der Waals surface area contributed by atoms with E-state index in [-0.39, 0.29) is 12.2 Å². The van der Waals surface area contributed by atoms with Gasteiger partial charge in [0.1, 0.15) is 30.0 Å². The van der Waals surface area contributed by atoms with E-state index in [9.17, 15) is 0 Å². The van der Waals surface area contributed by atoms with Crippen molar-refractivity contribution in [3.8, 4) is 17.2 Å². The molecule has 0 bridgehead atoms. The first kappa shape index (κ1) is 16.9. The van der Waals surface area contributed by atoms with Crippen LogP contribution in [0.1, 0.15) is 6.92 Å². The summed E-state index contributed by atoms with van der Waals surface area (Å²) in [4.78, 5) is 0. The normalized spacial score (nSPS) is 12.8. The fourth-order valence-corrected chi connectivity index (χ4v) is 2.42. The largest absolute Gasteiger partial charge is 0.490 e. The van der Waals surface area contributed by atoms with Crippen molar-refractivity contribution < 1.29 is 14.2 Å². The number of ether oxygens (including phenoxy) is 3. The second-order valence-corrected chi connectivity index (χ2v) is 5.73. The molecule has 2 atom stereocenters. The Kier molecular flexibility index (Phi) is 5.94. The van der Waals surface area contributed by atoms with Crippen molar-refractivity contribution in [2.24, 2.45) is 0 Å². The van der Waals surface area contributed by atoms with Crippen LogP contribution in [0, 0.1) is 0 Å². The van der Waals surface area contributed by atoms with Gasteiger partial charge in [-0.15, -0.1) is 0 Å². The summed E-state index contributed by atoms with van der Waals surface area (Å²) >= 11 is 0. The monoisotopic (exact) mass is 334 g/mol. The van der Waals surface area contributed by atoms with Crippen LogP contribution in [0.25, 0.3) is 0 Å². The fraction of sp³-hybridized carbons (Fsp3) is 0.182. The summed E-state index contributed by atoms with van der Waals surface area (Å²) < 4.78 is 18.0. The molecule has 0 saturated heterocycles. The highest BCUT2D eigenvalue weighted by Gasteiger charge is 2.22. The maximum Gasteiger partial charge on any atom is 0.169 e. The quantitative estimate of drug-likeness (QED) is 0.581. The third-order valence-corrected chi connectivity index (χ3v) is 3.78. The summed E-state index contributed by atoms with van der Waals surface area (Å²) in [7, 11) is 0. The highest BCUT2D eigenvalue weighted by molar-refractivity contribution is 5.24. The first-order chi connectivity index (χ1) is 12.3. The summed E-state index contributed by atoms with van der Waals surface area (Å²) in [5.74, 6) is 2.43. The van der Waals surface area contributed by atoms with Crippen LogP contribution in [0.4, 0.5) is 0 Å². The summed E-state index contributed by atoms with van der Waals surface area (Å²) in [5.41, 5.74) is 0. The smallest absolute Gasteiger partial charge is 0.169 e. The van der Waals surface area contributed by atoms with E-state index in [1.54, 1.807) is 0 Å². The topological polar surface area (TPSA) is 27.7 Å². The zero-order valence-electron chi connectivity index (χ0n) is 14.2. The molecule has 0 amide bonds. The van der Waals surface area contributed by atoms with E-state index in [2.05, 4.69) is 0 Å². The van der Waals surface area contributed by atoms with Crippen LogP contribution in [0.2, 0.25) is 0 Å². The number of rotatable bonds is 8. The molecular weight excluding hydrogens is 312 g/mol. The second-order valence-electron chi connectivity index (χ2n) is 5.73. The van der Waals surface area contributed by atoms with Crippen LogP contribution in [0.5, 0.6) is 17.2 Å². The van der Waals surface area contributed by atoms with Crippen molar-refractivity contribution in [1.82, 2.24) is 0 Å². The first-order valence-corrected chi connectivity index (χ1v) is 8.42. The Morgan fingerprint density at radius 3 is 1.56 bits per heavy atom. The minimum Gasteiger partial charge on any atom is -0.490 e. The third-order valence-electron chi connectivity index (χ3n) is 3.78. The van der Waals surface area contributed by atoms with Crippen molar-refractivity contribution in [2.75, 3.05) is 6.61 Å². The number of para-hydroxylation sites is 3. The molecule has 0 fully saturated rings. The van der Waals surface area contributed by atoms with Gasteiger partial charge in [0.15, 0.2) is 6.10 Å². The predicted octanol–water partition coefficient (Wildman–Crippen LogP) is 4.98. The maximum absolute atomic E-state index is 6.12. The zero-order chi connectivity index (χ0) is 17.3. The van der Waals surface area contributed by atoms with Crippen LogP contribution in [0.3, 0.4) is 0 Å². The highest BCUT2D eigenvalue weighted by Crippen LogP contribution is 2.19. The van der Waals surface area contributed by atoms with E-state index < -0.39 is 0 Å². The standard InChI is InChI=1S/C22H22O3/c1-18(24-20-13-7-3-8-14-20)22(25-21-15-9-4-10-16-21)17-23-19-11-5-2-6-12-19/h2-16,18,22H,17H2,1H3. The molecule has 3 nitrogen and oxygen atoms in total. The molecule has 0 saturated carbocycles. The summed E-state index contributed by atoms with van der Waals surface area (Å²) in [6.07, 6.45) is -0.422. The Balaban J connectivity index is 1.68. The Labute approximate surface area is 148 Å². The predicted molar refractivity (Wildman–Crippen MR) is 99.3 cm³/mol. The molecule has 0 heterocycles. The van der Waals surface area contributed by atoms with Crippen molar-refractivity contribution in [3.05, 3.63) is 91.0 Å². The molecule has 0 aliphatic carbocycles. The van der Waals surface area contributed by atoms with E-state index in [4.69, 9.17) is 14.2 Å². The Morgan fingerprint density at radius 2 is 1.04 bits per heavy atom. The highest BCUT2D eigenvalue weighted by atomic mass is 16.6. The molecule has 0 N–H and O–H groups in total. The van der Waals surface area contributed by atoms with Crippen LogP contribution >= 0.6 is 0 Å². The van der Waals surface area contributed by atoms with Crippen LogP contribution < -0.4 is 14.2 Å². The van der Waals surface area contributed by atoms with E-state index >= 15 is 0 Å². The molecule has 0 aliphatic heterocycles. The molecule has 3 rings (SSSR count). The number of hydrogen-bond donors (Lipinski definition) is 0. The van der Waals surface area contributed by atoms with Gasteiger partial charge in [-0.05, 0) is 43.3 Å². The SMILES string of the molecule is CC(Oc1ccccc1)C(COc1ccccc1)Oc1ccccc1. The van der Waals surface area contributed by atoms with Crippen molar-refractivity contribution in [1.29, 1.82) is 0 Å². The summed E-state index contributed by atoms with van der Waals surface area (Å²) in [5, 5.41) is 0. The van der Waals surface area contributed by atoms with Gasteiger partial charge in [-0.25, -0.2) is 0 Å². The van der Waals surface area contributed by atoms with Gasteiger partial charge in [-0.3, -0.25) is 0 Å². The molecule has 0 aromatic heterocycles. The lowest BCUT2D eigenvalue weighted by Crippen LogP contribution is -2.39. The van der Waals surface area contributed by atoms with Crippen molar-refractivity contribution >= 4 is 0 Å². The minimum absolute atomic E-state index is 0.175. The van der Waals surface area contributed by atoms with Crippen molar-refractivity contribution in [3.63, 3.8) is 0 Å². The van der Waals surface area contributed by atoms with E-state index in [0.717, 1.165) is 17.2 Å². The molecule has 0 aliphatic rings. The fourth-order valence-electron chi connectivity index (χ4n) is 2.42. The number of benzene rings is 3. The van der Waals surface area contributed by atoms with Gasteiger partial charge < -0.3 is 14.2 Å². The van der Waals surface area contributed by atoms with E-state index in [1.807, 2.05) is 97.9 Å². The lowest BCUT2D eigenvalue weighted by Gasteiger charge is -2.26. The van der Waals surface area contributed by atoms with Gasteiger partial charge in [0.2, 0.25) is 0 Å². The van der Waals surface area contributed by atoms with Crippen LogP contribution in [0.15, 0.2) is 91.0 Å². The summed E-state index contributed by atoms with van der Waals surface area (Å²) in [6.45, 7) is 2.39. The molecule has 3 aromatic rings. The molecule has 128 valence electrons. The average molecular weight is 334 g/mol. The average Bonchev–Trinajstić information content (AvgIpc) is 2.67. The lowest BCUT2D eigenvalue weighted by atomic mass is 10.2. The van der Waals surface area contributed by atoms with Crippen molar-refractivity contribution in [2.45, 2.75) is 19.1 Å². The molecule has 25 heavy (non-hydrogen) atoms. The van der Waals surface area contributed by atoms with Crippen LogP contribution in [-0.2, 0) is 0 Å². The second kappa shape index (κ2) is 8.78. The Morgan fingerprint density at radius 1 is 0.600 bits per heavy atom. The van der Waals surface area contributed by atoms with E-state index in [1.165, 1.54) is 0 Å². The Hall–Kier alpha value is -2.94. The lowest BCUT2D eigenvalue weighted by molar-refractivity contribution is 0.0322. The molecule has 0 radical (unpaired) electrons.